The Balaban J connectivity index is 2.35. The van der Waals surface area contributed by atoms with Gasteiger partial charge in [0.15, 0.2) is 0 Å². The third-order valence-corrected chi connectivity index (χ3v) is 1.52. The average Bonchev–Trinajstić information content (AvgIpc) is 1.90. The Labute approximate surface area is 53.9 Å². The maximum atomic E-state index is 8.31. The smallest absolute Gasteiger partial charge is 0.0597 e. The van der Waals surface area contributed by atoms with Crippen LogP contribution in [0.4, 0.5) is 0 Å². The number of hydrogen-bond acceptors (Lipinski definition) is 4. The maximum Gasteiger partial charge on any atom is 0.0597 e. The third-order valence-electron chi connectivity index (χ3n) is 1.52. The summed E-state index contributed by atoms with van der Waals surface area (Å²) >= 11 is 0. The van der Waals surface area contributed by atoms with Gasteiger partial charge in [-0.05, 0) is 0 Å². The topological polar surface area (TPSA) is 61.8 Å². The second kappa shape index (κ2) is 2.80. The summed E-state index contributed by atoms with van der Waals surface area (Å²) in [4.78, 5) is 0. The van der Waals surface area contributed by atoms with Gasteiger partial charge in [0.2, 0.25) is 0 Å². The lowest BCUT2D eigenvalue weighted by Crippen LogP contribution is -2.38. The van der Waals surface area contributed by atoms with Crippen molar-refractivity contribution in [2.45, 2.75) is 12.8 Å². The fourth-order valence-corrected chi connectivity index (χ4v) is 0.882. The minimum Gasteiger partial charge on any atom is -0.411 e. The van der Waals surface area contributed by atoms with Gasteiger partial charge in [-0.25, -0.2) is 5.01 Å². The molecule has 1 heterocycles. The summed E-state index contributed by atoms with van der Waals surface area (Å²) < 4.78 is 0. The lowest BCUT2D eigenvalue weighted by atomic mass is 10.1. The van der Waals surface area contributed by atoms with Crippen molar-refractivity contribution in [1.29, 1.82) is 0 Å². The summed E-state index contributed by atoms with van der Waals surface area (Å²) in [6, 6.07) is 0. The van der Waals surface area contributed by atoms with E-state index in [1.807, 2.05) is 0 Å². The number of rotatable bonds is 0. The zero-order valence-corrected chi connectivity index (χ0v) is 5.25. The molecule has 0 saturated carbocycles. The molecule has 0 aliphatic carbocycles. The molecule has 1 rings (SSSR count). The molecular weight excluding hydrogens is 118 g/mol. The second-order valence-electron chi connectivity index (χ2n) is 2.20. The van der Waals surface area contributed by atoms with Crippen molar-refractivity contribution in [3.8, 4) is 0 Å². The first-order valence-electron chi connectivity index (χ1n) is 3.02. The predicted molar refractivity (Wildman–Crippen MR) is 34.2 cm³/mol. The number of nitrogens with two attached hydrogens (primary N) is 1. The van der Waals surface area contributed by atoms with Gasteiger partial charge >= 0.3 is 0 Å². The van der Waals surface area contributed by atoms with E-state index in [2.05, 4.69) is 5.16 Å². The molecule has 0 atom stereocenters. The summed E-state index contributed by atoms with van der Waals surface area (Å²) in [5.41, 5.74) is 0.858. The van der Waals surface area contributed by atoms with Gasteiger partial charge in [-0.2, -0.15) is 0 Å². The number of nitrogens with zero attached hydrogens (tertiary/aromatic N) is 2. The van der Waals surface area contributed by atoms with Gasteiger partial charge in [0.25, 0.3) is 0 Å². The largest absolute Gasteiger partial charge is 0.411 e. The number of hydrazine groups is 1. The number of hydrogen-bond donors (Lipinski definition) is 2. The molecule has 1 fully saturated rings. The summed E-state index contributed by atoms with van der Waals surface area (Å²) in [6.45, 7) is 1.61. The molecule has 9 heavy (non-hydrogen) atoms. The fourth-order valence-electron chi connectivity index (χ4n) is 0.882. The zero-order valence-electron chi connectivity index (χ0n) is 5.25. The van der Waals surface area contributed by atoms with Crippen LogP contribution in [-0.2, 0) is 0 Å². The number of oxime groups is 1. The Hall–Kier alpha value is -0.610. The van der Waals surface area contributed by atoms with Crippen molar-refractivity contribution in [2.24, 2.45) is 11.0 Å². The highest BCUT2D eigenvalue weighted by atomic mass is 16.4. The molecule has 4 nitrogen and oxygen atoms in total. The van der Waals surface area contributed by atoms with Gasteiger partial charge in [0, 0.05) is 25.9 Å². The molecule has 1 aliphatic rings. The first-order chi connectivity index (χ1) is 4.33. The van der Waals surface area contributed by atoms with Gasteiger partial charge in [-0.1, -0.05) is 5.16 Å². The summed E-state index contributed by atoms with van der Waals surface area (Å²) in [5, 5.41) is 13.2. The Kier molecular flexibility index (Phi) is 2.02. The lowest BCUT2D eigenvalue weighted by molar-refractivity contribution is 0.270. The van der Waals surface area contributed by atoms with E-state index in [4.69, 9.17) is 11.0 Å². The molecule has 1 saturated heterocycles. The highest BCUT2D eigenvalue weighted by molar-refractivity contribution is 5.84. The van der Waals surface area contributed by atoms with Crippen LogP contribution >= 0.6 is 0 Å². The third kappa shape index (κ3) is 1.65. The van der Waals surface area contributed by atoms with Crippen LogP contribution in [0, 0.1) is 0 Å². The quantitative estimate of drug-likeness (QED) is 0.270. The van der Waals surface area contributed by atoms with E-state index in [0.717, 1.165) is 31.6 Å². The monoisotopic (exact) mass is 129 g/mol. The SMILES string of the molecule is NN1CCC(=NO)CC1. The van der Waals surface area contributed by atoms with Crippen LogP contribution in [0.3, 0.4) is 0 Å². The summed E-state index contributed by atoms with van der Waals surface area (Å²) in [7, 11) is 0. The molecule has 0 spiro atoms. The molecule has 0 unspecified atom stereocenters. The van der Waals surface area contributed by atoms with Crippen LogP contribution < -0.4 is 5.84 Å². The molecule has 3 N–H and O–H groups in total. The normalized spacial score (nSPS) is 22.1. The average molecular weight is 129 g/mol. The van der Waals surface area contributed by atoms with Gasteiger partial charge < -0.3 is 5.21 Å². The highest BCUT2D eigenvalue weighted by Crippen LogP contribution is 2.01. The van der Waals surface area contributed by atoms with E-state index in [1.54, 1.807) is 5.01 Å². The van der Waals surface area contributed by atoms with E-state index in [1.165, 1.54) is 0 Å². The molecule has 0 aromatic heterocycles. The van der Waals surface area contributed by atoms with E-state index in [0.29, 0.717) is 0 Å². The first kappa shape index (κ1) is 6.51. The molecule has 0 aromatic carbocycles. The molecule has 0 bridgehead atoms. The van der Waals surface area contributed by atoms with Gasteiger partial charge in [0.05, 0.1) is 5.71 Å². The Morgan fingerprint density at radius 1 is 1.44 bits per heavy atom. The fraction of sp³-hybridized carbons (Fsp3) is 0.800. The van der Waals surface area contributed by atoms with Crippen molar-refractivity contribution < 1.29 is 5.21 Å². The summed E-state index contributed by atoms with van der Waals surface area (Å²) in [6.07, 6.45) is 1.60. The summed E-state index contributed by atoms with van der Waals surface area (Å²) in [5.74, 6) is 5.45. The van der Waals surface area contributed by atoms with Crippen molar-refractivity contribution in [3.05, 3.63) is 0 Å². The van der Waals surface area contributed by atoms with Crippen LogP contribution in [0.5, 0.6) is 0 Å². The van der Waals surface area contributed by atoms with Crippen molar-refractivity contribution in [2.75, 3.05) is 13.1 Å². The number of piperidine rings is 1. The van der Waals surface area contributed by atoms with E-state index in [9.17, 15) is 0 Å². The van der Waals surface area contributed by atoms with Crippen molar-refractivity contribution >= 4 is 5.71 Å². The molecule has 0 amide bonds. The van der Waals surface area contributed by atoms with Gasteiger partial charge in [0.1, 0.15) is 0 Å². The van der Waals surface area contributed by atoms with Crippen LogP contribution in [0.1, 0.15) is 12.8 Å². The minimum atomic E-state index is 0.799. The Morgan fingerprint density at radius 3 is 2.44 bits per heavy atom. The van der Waals surface area contributed by atoms with Crippen LogP contribution in [0.2, 0.25) is 0 Å². The van der Waals surface area contributed by atoms with Crippen LogP contribution in [0.15, 0.2) is 5.16 Å². The van der Waals surface area contributed by atoms with Gasteiger partial charge in [-0.15, -0.1) is 0 Å². The first-order valence-corrected chi connectivity index (χ1v) is 3.02. The predicted octanol–water partition coefficient (Wildman–Crippen LogP) is -0.214. The molecule has 4 heteroatoms. The van der Waals surface area contributed by atoms with Crippen molar-refractivity contribution in [1.82, 2.24) is 5.01 Å². The van der Waals surface area contributed by atoms with E-state index >= 15 is 0 Å². The lowest BCUT2D eigenvalue weighted by Gasteiger charge is -2.21. The zero-order chi connectivity index (χ0) is 6.69. The van der Waals surface area contributed by atoms with E-state index in [-0.39, 0.29) is 0 Å². The molecule has 0 aromatic rings. The molecule has 1 aliphatic heterocycles. The Morgan fingerprint density at radius 2 is 2.00 bits per heavy atom. The molecule has 52 valence electrons. The van der Waals surface area contributed by atoms with Crippen molar-refractivity contribution in [3.63, 3.8) is 0 Å². The second-order valence-corrected chi connectivity index (χ2v) is 2.20. The molecule has 0 radical (unpaired) electrons. The van der Waals surface area contributed by atoms with Crippen LogP contribution in [0.25, 0.3) is 0 Å². The maximum absolute atomic E-state index is 8.31. The molecular formula is C5H11N3O. The van der Waals surface area contributed by atoms with Crippen LogP contribution in [-0.4, -0.2) is 29.0 Å². The standard InChI is InChI=1S/C5H11N3O/c6-8-3-1-5(7-9)2-4-8/h9H,1-4,6H2. The minimum absolute atomic E-state index is 0.799. The highest BCUT2D eigenvalue weighted by Gasteiger charge is 2.10. The Bertz CT molecular complexity index is 113. The van der Waals surface area contributed by atoms with E-state index < -0.39 is 0 Å². The van der Waals surface area contributed by atoms with Gasteiger partial charge in [-0.3, -0.25) is 5.84 Å².